The maximum absolute atomic E-state index is 12.5. The van der Waals surface area contributed by atoms with Crippen LogP contribution >= 0.6 is 0 Å². The lowest BCUT2D eigenvalue weighted by atomic mass is 10.0. The van der Waals surface area contributed by atoms with Gasteiger partial charge in [0.2, 0.25) is 0 Å². The lowest BCUT2D eigenvalue weighted by Crippen LogP contribution is -2.41. The second-order valence-corrected chi connectivity index (χ2v) is 8.56. The molecule has 0 aliphatic carbocycles. The number of hydrogen-bond acceptors (Lipinski definition) is 8. The molecule has 10 heteroatoms. The molecule has 0 radical (unpaired) electrons. The summed E-state index contributed by atoms with van der Waals surface area (Å²) in [5, 5.41) is 0.569. The number of carbonyl (C=O) groups excluding carboxylic acids is 4. The first kappa shape index (κ1) is 23.8. The predicted octanol–water partition coefficient (Wildman–Crippen LogP) is 3.62. The Morgan fingerprint density at radius 1 is 1.09 bits per heavy atom. The molecule has 1 aliphatic heterocycles. The van der Waals surface area contributed by atoms with Crippen LogP contribution in [-0.2, 0) is 20.7 Å². The van der Waals surface area contributed by atoms with Crippen LogP contribution in [0.5, 0.6) is 17.2 Å². The van der Waals surface area contributed by atoms with Crippen LogP contribution in [0.1, 0.15) is 36.8 Å². The molecule has 0 bridgehead atoms. The Bertz CT molecular complexity index is 1340. The van der Waals surface area contributed by atoms with Gasteiger partial charge in [0.25, 0.3) is 0 Å². The maximum Gasteiger partial charge on any atom is 0.422 e. The first-order valence-corrected chi connectivity index (χ1v) is 10.9. The lowest BCUT2D eigenvalue weighted by molar-refractivity contribution is -0.152. The van der Waals surface area contributed by atoms with Crippen molar-refractivity contribution < 1.29 is 38.1 Å². The molecule has 1 aromatic heterocycles. The number of carbonyl (C=O) groups is 4. The predicted molar refractivity (Wildman–Crippen MR) is 124 cm³/mol. The van der Waals surface area contributed by atoms with Gasteiger partial charge in [-0.05, 0) is 51.1 Å². The Balaban J connectivity index is 1.42. The van der Waals surface area contributed by atoms with Crippen LogP contribution in [0.2, 0.25) is 0 Å². The number of nitrogens with zero attached hydrogens (tertiary/aromatic N) is 1. The molecular formula is C25H24N2O8. The first-order chi connectivity index (χ1) is 16.6. The van der Waals surface area contributed by atoms with Crippen LogP contribution < -0.4 is 14.2 Å². The molecule has 182 valence electrons. The molecule has 2 heterocycles. The molecule has 4 rings (SSSR count). The van der Waals surface area contributed by atoms with Gasteiger partial charge >= 0.3 is 23.9 Å². The summed E-state index contributed by atoms with van der Waals surface area (Å²) in [6.07, 6.45) is -0.421. The Labute approximate surface area is 200 Å². The zero-order valence-electron chi connectivity index (χ0n) is 19.7. The minimum Gasteiger partial charge on any atom is -0.483 e. The Kier molecular flexibility index (Phi) is 6.21. The Morgan fingerprint density at radius 2 is 1.86 bits per heavy atom. The Hall–Kier alpha value is -4.34. The summed E-state index contributed by atoms with van der Waals surface area (Å²) in [7, 11) is 1.11. The lowest BCUT2D eigenvalue weighted by Gasteiger charge is -2.19. The van der Waals surface area contributed by atoms with E-state index in [4.69, 9.17) is 18.9 Å². The number of likely N-dealkylation sites (N-methyl/N-ethyl adjacent to an activating group) is 1. The molecule has 1 N–H and O–H groups in total. The second kappa shape index (κ2) is 9.13. The van der Waals surface area contributed by atoms with Gasteiger partial charge < -0.3 is 23.9 Å². The van der Waals surface area contributed by atoms with Crippen molar-refractivity contribution >= 4 is 34.8 Å². The van der Waals surface area contributed by atoms with Crippen molar-refractivity contribution in [3.05, 3.63) is 53.7 Å². The summed E-state index contributed by atoms with van der Waals surface area (Å²) in [6.45, 7) is 5.75. The van der Waals surface area contributed by atoms with Gasteiger partial charge in [0.1, 0.15) is 17.0 Å². The van der Waals surface area contributed by atoms with E-state index in [1.807, 2.05) is 19.9 Å². The summed E-state index contributed by atoms with van der Waals surface area (Å²) in [6, 6.07) is 11.2. The number of imide groups is 1. The summed E-state index contributed by atoms with van der Waals surface area (Å²) in [4.78, 5) is 52.7. The molecule has 0 spiro atoms. The third kappa shape index (κ3) is 4.96. The highest BCUT2D eigenvalue weighted by Gasteiger charge is 2.34. The third-order valence-electron chi connectivity index (χ3n) is 5.30. The van der Waals surface area contributed by atoms with Crippen molar-refractivity contribution in [1.82, 2.24) is 9.88 Å². The highest BCUT2D eigenvalue weighted by molar-refractivity contribution is 6.35. The van der Waals surface area contributed by atoms with E-state index in [0.29, 0.717) is 28.0 Å². The summed E-state index contributed by atoms with van der Waals surface area (Å²) in [5.74, 6) is -2.37. The number of para-hydroxylation sites is 1. The number of benzene rings is 2. The molecule has 2 amide bonds. The van der Waals surface area contributed by atoms with Crippen molar-refractivity contribution in [3.63, 3.8) is 0 Å². The molecule has 1 aliphatic rings. The van der Waals surface area contributed by atoms with Gasteiger partial charge in [-0.15, -0.1) is 0 Å². The average Bonchev–Trinajstić information content (AvgIpc) is 3.37. The Morgan fingerprint density at radius 3 is 2.60 bits per heavy atom. The highest BCUT2D eigenvalue weighted by atomic mass is 16.6. The molecule has 0 saturated carbocycles. The standard InChI is InChI=1S/C25H24N2O8/c1-5-32-22(29)18-12-15-11-16(9-10-17(15)26-18)33-23(30)21(28)27(4)24(31)34-19-8-6-7-14-13-25(2,3)35-20(14)19/h6-12,26H,5,13H2,1-4H3. The van der Waals surface area contributed by atoms with Crippen LogP contribution in [0.25, 0.3) is 10.9 Å². The van der Waals surface area contributed by atoms with Crippen LogP contribution in [0.4, 0.5) is 4.79 Å². The smallest absolute Gasteiger partial charge is 0.422 e. The van der Waals surface area contributed by atoms with E-state index in [9.17, 15) is 19.2 Å². The van der Waals surface area contributed by atoms with E-state index in [1.54, 1.807) is 25.1 Å². The minimum absolute atomic E-state index is 0.0588. The van der Waals surface area contributed by atoms with E-state index in [0.717, 1.165) is 12.6 Å². The number of aromatic amines is 1. The number of aromatic nitrogens is 1. The summed E-state index contributed by atoms with van der Waals surface area (Å²) in [5.41, 5.74) is 1.28. The van der Waals surface area contributed by atoms with Crippen molar-refractivity contribution in [2.45, 2.75) is 32.8 Å². The number of amides is 2. The minimum atomic E-state index is -1.28. The highest BCUT2D eigenvalue weighted by Crippen LogP contribution is 2.41. The van der Waals surface area contributed by atoms with Crippen molar-refractivity contribution in [3.8, 4) is 17.2 Å². The summed E-state index contributed by atoms with van der Waals surface area (Å²) < 4.78 is 21.3. The quantitative estimate of drug-likeness (QED) is 0.341. The molecule has 10 nitrogen and oxygen atoms in total. The molecule has 0 atom stereocenters. The zero-order chi connectivity index (χ0) is 25.3. The number of hydrogen-bond donors (Lipinski definition) is 1. The van der Waals surface area contributed by atoms with Crippen LogP contribution in [0.3, 0.4) is 0 Å². The molecule has 3 aromatic rings. The van der Waals surface area contributed by atoms with Gasteiger partial charge in [0, 0.05) is 29.9 Å². The zero-order valence-corrected chi connectivity index (χ0v) is 19.7. The van der Waals surface area contributed by atoms with Gasteiger partial charge in [0.15, 0.2) is 11.5 Å². The van der Waals surface area contributed by atoms with E-state index in [1.165, 1.54) is 18.2 Å². The molecule has 0 saturated heterocycles. The number of rotatable bonds is 4. The second-order valence-electron chi connectivity index (χ2n) is 8.56. The number of H-pyrrole nitrogens is 1. The van der Waals surface area contributed by atoms with Crippen LogP contribution in [0.15, 0.2) is 42.5 Å². The number of fused-ring (bicyclic) bond motifs is 2. The molecule has 0 fully saturated rings. The van der Waals surface area contributed by atoms with E-state index in [2.05, 4.69) is 4.98 Å². The van der Waals surface area contributed by atoms with Crippen molar-refractivity contribution in [2.24, 2.45) is 0 Å². The fraction of sp³-hybridized carbons (Fsp3) is 0.280. The largest absolute Gasteiger partial charge is 0.483 e. The fourth-order valence-electron chi connectivity index (χ4n) is 3.69. The first-order valence-electron chi connectivity index (χ1n) is 10.9. The maximum atomic E-state index is 12.5. The van der Waals surface area contributed by atoms with E-state index >= 15 is 0 Å². The summed E-state index contributed by atoms with van der Waals surface area (Å²) >= 11 is 0. The third-order valence-corrected chi connectivity index (χ3v) is 5.30. The van der Waals surface area contributed by atoms with Gasteiger partial charge in [-0.3, -0.25) is 4.79 Å². The monoisotopic (exact) mass is 480 g/mol. The van der Waals surface area contributed by atoms with Gasteiger partial charge in [-0.25, -0.2) is 19.3 Å². The van der Waals surface area contributed by atoms with Gasteiger partial charge in [-0.1, -0.05) is 12.1 Å². The number of nitrogens with one attached hydrogen (secondary N) is 1. The fourth-order valence-corrected chi connectivity index (χ4v) is 3.69. The molecule has 35 heavy (non-hydrogen) atoms. The molecule has 2 aromatic carbocycles. The van der Waals surface area contributed by atoms with E-state index in [-0.39, 0.29) is 23.8 Å². The molecular weight excluding hydrogens is 456 g/mol. The van der Waals surface area contributed by atoms with Crippen molar-refractivity contribution in [2.75, 3.05) is 13.7 Å². The number of esters is 2. The molecule has 0 unspecified atom stereocenters. The van der Waals surface area contributed by atoms with Gasteiger partial charge in [-0.2, -0.15) is 0 Å². The average molecular weight is 480 g/mol. The van der Waals surface area contributed by atoms with Crippen LogP contribution in [-0.4, -0.2) is 53.1 Å². The SMILES string of the molecule is CCOC(=O)c1cc2cc(OC(=O)C(=O)N(C)C(=O)Oc3cccc4c3OC(C)(C)C4)ccc2[nH]1. The number of ether oxygens (including phenoxy) is 4. The normalized spacial score (nSPS) is 13.5. The van der Waals surface area contributed by atoms with Gasteiger partial charge in [0.05, 0.1) is 6.61 Å². The van der Waals surface area contributed by atoms with Crippen molar-refractivity contribution in [1.29, 1.82) is 0 Å². The van der Waals surface area contributed by atoms with E-state index < -0.39 is 29.5 Å². The van der Waals surface area contributed by atoms with Crippen LogP contribution in [0, 0.1) is 0 Å². The topological polar surface area (TPSA) is 124 Å².